The Bertz CT molecular complexity index is 970. The molecule has 0 bridgehead atoms. The number of rotatable bonds is 35. The van der Waals surface area contributed by atoms with Gasteiger partial charge in [-0.3, -0.25) is 4.79 Å². The van der Waals surface area contributed by atoms with Gasteiger partial charge in [-0.2, -0.15) is 0 Å². The minimum absolute atomic E-state index is 0.0578. The fourth-order valence-corrected chi connectivity index (χ4v) is 6.79. The highest BCUT2D eigenvalue weighted by Crippen LogP contribution is 2.18. The maximum Gasteiger partial charge on any atom is 0.305 e. The summed E-state index contributed by atoms with van der Waals surface area (Å²) in [5.74, 6) is 0.799. The molecule has 0 saturated carbocycles. The molecule has 0 radical (unpaired) electrons. The Morgan fingerprint density at radius 3 is 1.24 bits per heavy atom. The van der Waals surface area contributed by atoms with Gasteiger partial charge in [-0.05, 0) is 29.7 Å². The number of unbranched alkanes of at least 4 members (excludes halogenated alkanes) is 27. The molecule has 3 heteroatoms. The van der Waals surface area contributed by atoms with E-state index in [4.69, 9.17) is 9.47 Å². The Hall–Kier alpha value is -2.29. The summed E-state index contributed by atoms with van der Waals surface area (Å²) in [5, 5.41) is 0. The fraction of sp³-hybridized carbons (Fsp3) is 0.717. The Morgan fingerprint density at radius 2 is 0.837 bits per heavy atom. The van der Waals surface area contributed by atoms with Crippen LogP contribution in [-0.2, 0) is 22.6 Å². The minimum atomic E-state index is -0.0578. The third-order valence-corrected chi connectivity index (χ3v) is 10.1. The lowest BCUT2D eigenvalue weighted by molar-refractivity contribution is -0.143. The van der Waals surface area contributed by atoms with Crippen molar-refractivity contribution < 1.29 is 14.3 Å². The molecule has 2 rings (SSSR count). The van der Waals surface area contributed by atoms with Gasteiger partial charge in [0.2, 0.25) is 0 Å². The smallest absolute Gasteiger partial charge is 0.305 e. The van der Waals surface area contributed by atoms with Crippen LogP contribution in [0.3, 0.4) is 0 Å². The molecule has 278 valence electrons. The van der Waals surface area contributed by atoms with E-state index in [1.54, 1.807) is 0 Å². The second-order valence-electron chi connectivity index (χ2n) is 14.7. The number of carbonyl (C=O) groups is 1. The van der Waals surface area contributed by atoms with Gasteiger partial charge in [-0.25, -0.2) is 0 Å². The largest absolute Gasteiger partial charge is 0.489 e. The lowest BCUT2D eigenvalue weighted by atomic mass is 10.0. The lowest BCUT2D eigenvalue weighted by Gasteiger charge is -2.08. The summed E-state index contributed by atoms with van der Waals surface area (Å²) in [6, 6.07) is 18.3. The lowest BCUT2D eigenvalue weighted by Crippen LogP contribution is -2.07. The molecular formula is C46H76O3. The maximum absolute atomic E-state index is 12.1. The van der Waals surface area contributed by atoms with E-state index >= 15 is 0 Å². The average Bonchev–Trinajstić information content (AvgIpc) is 3.13. The first-order valence-electron chi connectivity index (χ1n) is 21.2. The third kappa shape index (κ3) is 27.2. The molecule has 0 unspecified atom stereocenters. The van der Waals surface area contributed by atoms with E-state index in [0.29, 0.717) is 19.6 Å². The quantitative estimate of drug-likeness (QED) is 0.0538. The second kappa shape index (κ2) is 32.9. The molecule has 0 aliphatic rings. The first-order valence-corrected chi connectivity index (χ1v) is 21.2. The molecule has 0 N–H and O–H groups in total. The van der Waals surface area contributed by atoms with Gasteiger partial charge in [-0.15, -0.1) is 0 Å². The van der Waals surface area contributed by atoms with Crippen LogP contribution in [0.25, 0.3) is 0 Å². The molecule has 0 saturated heterocycles. The predicted octanol–water partition coefficient (Wildman–Crippen LogP) is 14.7. The number of hydrogen-bond acceptors (Lipinski definition) is 3. The Kier molecular flexibility index (Phi) is 28.8. The van der Waals surface area contributed by atoms with Crippen LogP contribution in [0, 0.1) is 0 Å². The summed E-state index contributed by atoms with van der Waals surface area (Å²) in [6.07, 6.45) is 40.5. The van der Waals surface area contributed by atoms with Crippen molar-refractivity contribution in [2.24, 2.45) is 0 Å². The van der Waals surface area contributed by atoms with Gasteiger partial charge in [0, 0.05) is 12.8 Å². The standard InChI is InChI=1S/C46H76O3/c1-2-3-4-5-6-7-8-9-10-11-12-13-14-15-16-17-18-19-20-21-22-23-24-25-26-27-28-32-35-46(47)48-41-40-43-36-38-45(39-37-43)49-42-44-33-30-29-31-34-44/h29-31,33-34,36-39H,2-28,32,35,40-42H2,1H3. The summed E-state index contributed by atoms with van der Waals surface area (Å²) in [5.41, 5.74) is 2.32. The van der Waals surface area contributed by atoms with Crippen molar-refractivity contribution in [3.63, 3.8) is 0 Å². The van der Waals surface area contributed by atoms with Crippen molar-refractivity contribution in [2.75, 3.05) is 6.61 Å². The molecule has 3 nitrogen and oxygen atoms in total. The Labute approximate surface area is 303 Å². The van der Waals surface area contributed by atoms with Crippen molar-refractivity contribution in [2.45, 2.75) is 206 Å². The van der Waals surface area contributed by atoms with Crippen LogP contribution in [-0.4, -0.2) is 12.6 Å². The van der Waals surface area contributed by atoms with E-state index in [1.807, 2.05) is 30.3 Å². The molecule has 0 spiro atoms. The van der Waals surface area contributed by atoms with E-state index in [2.05, 4.69) is 31.2 Å². The molecule has 0 heterocycles. The number of ether oxygens (including phenoxy) is 2. The monoisotopic (exact) mass is 677 g/mol. The summed E-state index contributed by atoms with van der Waals surface area (Å²) in [4.78, 5) is 12.1. The molecule has 0 aromatic heterocycles. The molecule has 0 aliphatic heterocycles. The Balaban J connectivity index is 1.23. The van der Waals surface area contributed by atoms with Crippen LogP contribution in [0.15, 0.2) is 54.6 Å². The van der Waals surface area contributed by atoms with Gasteiger partial charge < -0.3 is 9.47 Å². The second-order valence-corrected chi connectivity index (χ2v) is 14.7. The van der Waals surface area contributed by atoms with Crippen molar-refractivity contribution >= 4 is 5.97 Å². The minimum Gasteiger partial charge on any atom is -0.489 e. The molecule has 2 aromatic rings. The van der Waals surface area contributed by atoms with Crippen LogP contribution in [0.5, 0.6) is 5.75 Å². The first-order chi connectivity index (χ1) is 24.3. The van der Waals surface area contributed by atoms with Crippen molar-refractivity contribution in [1.29, 1.82) is 0 Å². The van der Waals surface area contributed by atoms with Gasteiger partial charge in [0.1, 0.15) is 12.4 Å². The summed E-state index contributed by atoms with van der Waals surface area (Å²) in [7, 11) is 0. The maximum atomic E-state index is 12.1. The van der Waals surface area contributed by atoms with E-state index in [-0.39, 0.29) is 5.97 Å². The van der Waals surface area contributed by atoms with Crippen molar-refractivity contribution in [1.82, 2.24) is 0 Å². The van der Waals surface area contributed by atoms with Gasteiger partial charge in [0.05, 0.1) is 6.61 Å². The molecule has 0 atom stereocenters. The Morgan fingerprint density at radius 1 is 0.449 bits per heavy atom. The molecule has 0 fully saturated rings. The molecule has 0 aliphatic carbocycles. The zero-order chi connectivity index (χ0) is 34.7. The van der Waals surface area contributed by atoms with E-state index < -0.39 is 0 Å². The first kappa shape index (κ1) is 42.9. The molecule has 2 aromatic carbocycles. The van der Waals surface area contributed by atoms with Crippen molar-refractivity contribution in [3.05, 3.63) is 65.7 Å². The van der Waals surface area contributed by atoms with Gasteiger partial charge >= 0.3 is 5.97 Å². The van der Waals surface area contributed by atoms with Gasteiger partial charge in [0.25, 0.3) is 0 Å². The normalized spacial score (nSPS) is 11.2. The average molecular weight is 677 g/mol. The predicted molar refractivity (Wildman–Crippen MR) is 211 cm³/mol. The van der Waals surface area contributed by atoms with Crippen LogP contribution >= 0.6 is 0 Å². The SMILES string of the molecule is CCCCCCCCCCCCCCCCCCCCCCCCCCCCCCC(=O)OCCc1ccc(OCc2ccccc2)cc1. The third-order valence-electron chi connectivity index (χ3n) is 10.1. The highest BCUT2D eigenvalue weighted by atomic mass is 16.5. The molecular weight excluding hydrogens is 601 g/mol. The molecule has 49 heavy (non-hydrogen) atoms. The summed E-state index contributed by atoms with van der Waals surface area (Å²) >= 11 is 0. The van der Waals surface area contributed by atoms with Crippen LogP contribution in [0.4, 0.5) is 0 Å². The fourth-order valence-electron chi connectivity index (χ4n) is 6.79. The zero-order valence-corrected chi connectivity index (χ0v) is 32.0. The van der Waals surface area contributed by atoms with Crippen molar-refractivity contribution in [3.8, 4) is 5.75 Å². The number of carbonyl (C=O) groups excluding carboxylic acids is 1. The summed E-state index contributed by atoms with van der Waals surface area (Å²) < 4.78 is 11.3. The molecule has 0 amide bonds. The van der Waals surface area contributed by atoms with E-state index in [1.165, 1.54) is 167 Å². The van der Waals surface area contributed by atoms with Crippen LogP contribution in [0.1, 0.15) is 204 Å². The van der Waals surface area contributed by atoms with E-state index in [9.17, 15) is 4.79 Å². The number of benzene rings is 2. The highest BCUT2D eigenvalue weighted by molar-refractivity contribution is 5.69. The number of hydrogen-bond donors (Lipinski definition) is 0. The topological polar surface area (TPSA) is 35.5 Å². The zero-order valence-electron chi connectivity index (χ0n) is 32.0. The van der Waals surface area contributed by atoms with Crippen LogP contribution in [0.2, 0.25) is 0 Å². The number of esters is 1. The van der Waals surface area contributed by atoms with Gasteiger partial charge in [0.15, 0.2) is 0 Å². The summed E-state index contributed by atoms with van der Waals surface area (Å²) in [6.45, 7) is 3.31. The van der Waals surface area contributed by atoms with Crippen LogP contribution < -0.4 is 4.74 Å². The highest BCUT2D eigenvalue weighted by Gasteiger charge is 2.04. The van der Waals surface area contributed by atoms with Gasteiger partial charge in [-0.1, -0.05) is 223 Å². The van der Waals surface area contributed by atoms with E-state index in [0.717, 1.165) is 36.1 Å².